The normalized spacial score (nSPS) is 11.8. The number of halogens is 3. The van der Waals surface area contributed by atoms with Crippen LogP contribution in [-0.4, -0.2) is 18.5 Å². The Bertz CT molecular complexity index is 1070. The lowest BCUT2D eigenvalue weighted by atomic mass is 10.1. The van der Waals surface area contributed by atoms with Gasteiger partial charge in [0.2, 0.25) is 10.0 Å². The van der Waals surface area contributed by atoms with Crippen molar-refractivity contribution in [1.29, 1.82) is 0 Å². The van der Waals surface area contributed by atoms with E-state index in [1.807, 2.05) is 10.8 Å². The van der Waals surface area contributed by atoms with Gasteiger partial charge < -0.3 is 5.11 Å². The number of nitrogens with zero attached hydrogens (tertiary/aromatic N) is 1. The summed E-state index contributed by atoms with van der Waals surface area (Å²) in [5.41, 5.74) is 1.14. The molecule has 0 aliphatic carbocycles. The van der Waals surface area contributed by atoms with E-state index in [1.54, 1.807) is 30.5 Å². The van der Waals surface area contributed by atoms with Gasteiger partial charge in [0.1, 0.15) is 5.75 Å². The highest BCUT2D eigenvalue weighted by atomic mass is 32.2. The summed E-state index contributed by atoms with van der Waals surface area (Å²) in [5.74, 6) is -6.86. The van der Waals surface area contributed by atoms with Gasteiger partial charge in [-0.25, -0.2) is 26.3 Å². The maximum absolute atomic E-state index is 13.7. The molecule has 0 fully saturated rings. The van der Waals surface area contributed by atoms with Crippen molar-refractivity contribution >= 4 is 20.9 Å². The molecule has 3 rings (SSSR count). The number of fused-ring (bicyclic) bond motifs is 1. The highest BCUT2D eigenvalue weighted by Crippen LogP contribution is 2.29. The van der Waals surface area contributed by atoms with Gasteiger partial charge in [-0.1, -0.05) is 18.2 Å². The fourth-order valence-electron chi connectivity index (χ4n) is 2.29. The van der Waals surface area contributed by atoms with Crippen LogP contribution in [0.1, 0.15) is 5.56 Å². The van der Waals surface area contributed by atoms with Gasteiger partial charge in [0, 0.05) is 24.2 Å². The van der Waals surface area contributed by atoms with Gasteiger partial charge in [-0.3, -0.25) is 4.98 Å². The Labute approximate surface area is 140 Å². The van der Waals surface area contributed by atoms with Gasteiger partial charge in [-0.15, -0.1) is 0 Å². The SMILES string of the molecule is O=S(=O)(NCc1ccc2cccnc2c1)c1c(O)cc(F)c(F)c1F. The topological polar surface area (TPSA) is 79.3 Å². The highest BCUT2D eigenvalue weighted by Gasteiger charge is 2.28. The number of hydrogen-bond donors (Lipinski definition) is 2. The van der Waals surface area contributed by atoms with Crippen molar-refractivity contribution in [3.8, 4) is 5.75 Å². The van der Waals surface area contributed by atoms with Crippen LogP contribution in [0.4, 0.5) is 13.2 Å². The lowest BCUT2D eigenvalue weighted by Gasteiger charge is -2.10. The van der Waals surface area contributed by atoms with Crippen molar-refractivity contribution in [2.75, 3.05) is 0 Å². The number of sulfonamides is 1. The average molecular weight is 368 g/mol. The van der Waals surface area contributed by atoms with Crippen molar-refractivity contribution in [3.63, 3.8) is 0 Å². The van der Waals surface area contributed by atoms with Crippen molar-refractivity contribution in [1.82, 2.24) is 9.71 Å². The molecule has 0 amide bonds. The molecule has 0 aliphatic rings. The van der Waals surface area contributed by atoms with Crippen LogP contribution in [0.3, 0.4) is 0 Å². The molecule has 0 saturated heterocycles. The second-order valence-corrected chi connectivity index (χ2v) is 6.89. The van der Waals surface area contributed by atoms with E-state index < -0.39 is 38.1 Å². The zero-order valence-corrected chi connectivity index (χ0v) is 13.3. The molecule has 0 radical (unpaired) electrons. The summed E-state index contributed by atoms with van der Waals surface area (Å²) < 4.78 is 66.4. The van der Waals surface area contributed by atoms with Crippen LogP contribution in [0.5, 0.6) is 5.75 Å². The highest BCUT2D eigenvalue weighted by molar-refractivity contribution is 7.89. The van der Waals surface area contributed by atoms with E-state index >= 15 is 0 Å². The number of rotatable bonds is 4. The first-order chi connectivity index (χ1) is 11.8. The van der Waals surface area contributed by atoms with Crippen LogP contribution in [0.15, 0.2) is 47.5 Å². The molecule has 1 heterocycles. The lowest BCUT2D eigenvalue weighted by Crippen LogP contribution is -2.25. The molecule has 1 aromatic heterocycles. The van der Waals surface area contributed by atoms with Gasteiger partial charge in [-0.05, 0) is 17.7 Å². The van der Waals surface area contributed by atoms with Crippen LogP contribution < -0.4 is 4.72 Å². The molecule has 0 aliphatic heterocycles. The minimum atomic E-state index is -4.61. The van der Waals surface area contributed by atoms with E-state index in [0.29, 0.717) is 11.1 Å². The fourth-order valence-corrected chi connectivity index (χ4v) is 3.45. The first kappa shape index (κ1) is 17.2. The molecule has 2 N–H and O–H groups in total. The van der Waals surface area contributed by atoms with Crippen molar-refractivity contribution < 1.29 is 26.7 Å². The fraction of sp³-hybridized carbons (Fsp3) is 0.0625. The zero-order chi connectivity index (χ0) is 18.2. The molecule has 0 atom stereocenters. The van der Waals surface area contributed by atoms with Gasteiger partial charge in [0.15, 0.2) is 22.3 Å². The molecule has 25 heavy (non-hydrogen) atoms. The molecule has 0 saturated carbocycles. The third-order valence-electron chi connectivity index (χ3n) is 3.50. The maximum Gasteiger partial charge on any atom is 0.247 e. The van der Waals surface area contributed by atoms with Crippen LogP contribution in [-0.2, 0) is 16.6 Å². The minimum Gasteiger partial charge on any atom is -0.506 e. The van der Waals surface area contributed by atoms with E-state index in [-0.39, 0.29) is 12.6 Å². The number of benzene rings is 2. The predicted octanol–water partition coefficient (Wildman–Crippen LogP) is 2.84. The zero-order valence-electron chi connectivity index (χ0n) is 12.5. The standard InChI is InChI=1S/C16H11F3N2O3S/c17-11-7-13(22)16(15(19)14(11)18)25(23,24)21-8-9-3-4-10-2-1-5-20-12(10)6-9/h1-7,21-22H,8H2. The lowest BCUT2D eigenvalue weighted by molar-refractivity contribution is 0.394. The number of phenols is 1. The minimum absolute atomic E-state index is 0.201. The van der Waals surface area contributed by atoms with Gasteiger partial charge in [-0.2, -0.15) is 0 Å². The quantitative estimate of drug-likeness (QED) is 0.694. The summed E-state index contributed by atoms with van der Waals surface area (Å²) in [6.45, 7) is -0.257. The molecule has 130 valence electrons. The van der Waals surface area contributed by atoms with E-state index in [4.69, 9.17) is 0 Å². The number of hydrogen-bond acceptors (Lipinski definition) is 4. The summed E-state index contributed by atoms with van der Waals surface area (Å²) in [4.78, 5) is 2.78. The molecular formula is C16H11F3N2O3S. The number of aromatic hydroxyl groups is 1. The average Bonchev–Trinajstić information content (AvgIpc) is 2.57. The summed E-state index contributed by atoms with van der Waals surface area (Å²) >= 11 is 0. The van der Waals surface area contributed by atoms with Crippen molar-refractivity contribution in [3.05, 3.63) is 65.6 Å². The second-order valence-electron chi connectivity index (χ2n) is 5.19. The summed E-state index contributed by atoms with van der Waals surface area (Å²) in [6.07, 6.45) is 1.57. The van der Waals surface area contributed by atoms with E-state index in [0.717, 1.165) is 5.39 Å². The van der Waals surface area contributed by atoms with Crippen molar-refractivity contribution in [2.45, 2.75) is 11.4 Å². The van der Waals surface area contributed by atoms with E-state index in [2.05, 4.69) is 4.98 Å². The van der Waals surface area contributed by atoms with Crippen LogP contribution in [0.25, 0.3) is 10.9 Å². The molecule has 0 unspecified atom stereocenters. The predicted molar refractivity (Wildman–Crippen MR) is 83.7 cm³/mol. The number of nitrogens with one attached hydrogen (secondary N) is 1. The Morgan fingerprint density at radius 3 is 2.60 bits per heavy atom. The van der Waals surface area contributed by atoms with E-state index in [9.17, 15) is 26.7 Å². The van der Waals surface area contributed by atoms with Gasteiger partial charge >= 0.3 is 0 Å². The number of pyridine rings is 1. The largest absolute Gasteiger partial charge is 0.506 e. The Balaban J connectivity index is 1.90. The first-order valence-electron chi connectivity index (χ1n) is 6.99. The molecule has 9 heteroatoms. The summed E-state index contributed by atoms with van der Waals surface area (Å²) in [5, 5.41) is 10.3. The third-order valence-corrected chi connectivity index (χ3v) is 4.95. The van der Waals surface area contributed by atoms with Crippen LogP contribution in [0.2, 0.25) is 0 Å². The molecule has 0 spiro atoms. The third kappa shape index (κ3) is 3.28. The number of aromatic nitrogens is 1. The summed E-state index contributed by atoms with van der Waals surface area (Å²) in [7, 11) is -4.61. The molecule has 2 aromatic carbocycles. The Morgan fingerprint density at radius 2 is 1.84 bits per heavy atom. The van der Waals surface area contributed by atoms with Gasteiger partial charge in [0.25, 0.3) is 0 Å². The smallest absolute Gasteiger partial charge is 0.247 e. The Hall–Kier alpha value is -2.65. The van der Waals surface area contributed by atoms with Crippen molar-refractivity contribution in [2.24, 2.45) is 0 Å². The van der Waals surface area contributed by atoms with Crippen LogP contribution in [0, 0.1) is 17.5 Å². The van der Waals surface area contributed by atoms with Gasteiger partial charge in [0.05, 0.1) is 5.52 Å². The Morgan fingerprint density at radius 1 is 1.08 bits per heavy atom. The first-order valence-corrected chi connectivity index (χ1v) is 8.47. The number of phenolic OH excluding ortho intramolecular Hbond substituents is 1. The summed E-state index contributed by atoms with van der Waals surface area (Å²) in [6, 6.07) is 8.76. The molecule has 0 bridgehead atoms. The van der Waals surface area contributed by atoms with Crippen LogP contribution >= 0.6 is 0 Å². The monoisotopic (exact) mass is 368 g/mol. The molecule has 5 nitrogen and oxygen atoms in total. The van der Waals surface area contributed by atoms with E-state index in [1.165, 1.54) is 0 Å². The maximum atomic E-state index is 13.7. The molecular weight excluding hydrogens is 357 g/mol. The Kier molecular flexibility index (Phi) is 4.36. The molecule has 3 aromatic rings. The second kappa shape index (κ2) is 6.34.